The number of likely N-dealkylation sites (tertiary alicyclic amines) is 1. The van der Waals surface area contributed by atoms with Gasteiger partial charge in [0.2, 0.25) is 0 Å². The van der Waals surface area contributed by atoms with Crippen molar-refractivity contribution in [2.75, 3.05) is 11.9 Å². The number of rotatable bonds is 2. The fourth-order valence-electron chi connectivity index (χ4n) is 3.73. The first-order valence-electron chi connectivity index (χ1n) is 9.25. The topological polar surface area (TPSA) is 32.3 Å². The number of hydrogen-bond acceptors (Lipinski definition) is 1. The first kappa shape index (κ1) is 17.5. The van der Waals surface area contributed by atoms with Gasteiger partial charge in [-0.1, -0.05) is 48.7 Å². The summed E-state index contributed by atoms with van der Waals surface area (Å²) < 4.78 is 0. The van der Waals surface area contributed by atoms with Crippen molar-refractivity contribution in [3.8, 4) is 0 Å². The molecule has 0 aromatic heterocycles. The molecule has 1 aliphatic rings. The number of carbonyl (C=O) groups excluding carboxylic acids is 1. The van der Waals surface area contributed by atoms with Crippen LogP contribution in [-0.2, 0) is 0 Å². The van der Waals surface area contributed by atoms with Crippen LogP contribution in [0.1, 0.15) is 54.0 Å². The van der Waals surface area contributed by atoms with Crippen LogP contribution in [0.4, 0.5) is 10.5 Å². The molecule has 0 aliphatic carbocycles. The van der Waals surface area contributed by atoms with E-state index in [1.165, 1.54) is 35.1 Å². The maximum absolute atomic E-state index is 13.0. The summed E-state index contributed by atoms with van der Waals surface area (Å²) in [5.41, 5.74) is 5.71. The summed E-state index contributed by atoms with van der Waals surface area (Å²) >= 11 is 0. The van der Waals surface area contributed by atoms with Crippen molar-refractivity contribution in [3.63, 3.8) is 0 Å². The predicted molar refractivity (Wildman–Crippen MR) is 104 cm³/mol. The molecule has 1 N–H and O–H groups in total. The molecule has 3 heteroatoms. The van der Waals surface area contributed by atoms with Crippen molar-refractivity contribution in [1.29, 1.82) is 0 Å². The molecule has 3 rings (SSSR count). The number of nitrogens with zero attached hydrogens (tertiary/aromatic N) is 1. The van der Waals surface area contributed by atoms with Gasteiger partial charge in [-0.2, -0.15) is 0 Å². The summed E-state index contributed by atoms with van der Waals surface area (Å²) in [5, 5.41) is 3.12. The molecule has 25 heavy (non-hydrogen) atoms. The number of carbonyl (C=O) groups is 1. The zero-order valence-electron chi connectivity index (χ0n) is 15.5. The zero-order chi connectivity index (χ0) is 17.8. The lowest BCUT2D eigenvalue weighted by atomic mass is 10.00. The second-order valence-corrected chi connectivity index (χ2v) is 7.28. The largest absolute Gasteiger partial charge is 0.322 e. The Kier molecular flexibility index (Phi) is 5.42. The van der Waals surface area contributed by atoms with Crippen LogP contribution in [0, 0.1) is 20.8 Å². The van der Waals surface area contributed by atoms with Gasteiger partial charge < -0.3 is 10.2 Å². The molecule has 1 heterocycles. The summed E-state index contributed by atoms with van der Waals surface area (Å²) in [5.74, 6) is 0. The summed E-state index contributed by atoms with van der Waals surface area (Å²) in [6.45, 7) is 7.03. The minimum Gasteiger partial charge on any atom is -0.317 e. The predicted octanol–water partition coefficient (Wildman–Crippen LogP) is 5.76. The molecule has 132 valence electrons. The molecule has 2 amide bonds. The van der Waals surface area contributed by atoms with Crippen LogP contribution in [0.3, 0.4) is 0 Å². The summed E-state index contributed by atoms with van der Waals surface area (Å²) in [7, 11) is 0. The van der Waals surface area contributed by atoms with Crippen LogP contribution in [0.2, 0.25) is 0 Å². The van der Waals surface area contributed by atoms with Crippen LogP contribution < -0.4 is 5.32 Å². The molecule has 1 aliphatic heterocycles. The van der Waals surface area contributed by atoms with Gasteiger partial charge in [0.15, 0.2) is 0 Å². The number of nitrogens with one attached hydrogen (secondary N) is 1. The Bertz CT molecular complexity index is 716. The Hall–Kier alpha value is -2.29. The van der Waals surface area contributed by atoms with Gasteiger partial charge in [-0.05, 0) is 62.4 Å². The van der Waals surface area contributed by atoms with Crippen molar-refractivity contribution < 1.29 is 4.79 Å². The Balaban J connectivity index is 1.82. The second-order valence-electron chi connectivity index (χ2n) is 7.28. The van der Waals surface area contributed by atoms with Gasteiger partial charge >= 0.3 is 6.03 Å². The van der Waals surface area contributed by atoms with Crippen LogP contribution >= 0.6 is 0 Å². The number of hydrogen-bond donors (Lipinski definition) is 1. The van der Waals surface area contributed by atoms with E-state index in [4.69, 9.17) is 0 Å². The zero-order valence-corrected chi connectivity index (χ0v) is 15.5. The average Bonchev–Trinajstić information content (AvgIpc) is 2.80. The Morgan fingerprint density at radius 2 is 1.60 bits per heavy atom. The standard InChI is InChI=1S/C22H28N2O/c1-16-8-10-19(11-9-16)21-7-5-4-6-12-24(21)22(25)23-20-14-17(2)13-18(3)15-20/h8-11,13-15,21H,4-7,12H2,1-3H3,(H,23,25). The van der Waals surface area contributed by atoms with Gasteiger partial charge in [0, 0.05) is 12.2 Å². The highest BCUT2D eigenvalue weighted by atomic mass is 16.2. The van der Waals surface area contributed by atoms with Crippen molar-refractivity contribution in [2.24, 2.45) is 0 Å². The number of aryl methyl sites for hydroxylation is 3. The third-order valence-electron chi connectivity index (χ3n) is 4.95. The maximum atomic E-state index is 13.0. The smallest absolute Gasteiger partial charge is 0.317 e. The lowest BCUT2D eigenvalue weighted by Gasteiger charge is -2.30. The van der Waals surface area contributed by atoms with Gasteiger partial charge in [0.1, 0.15) is 0 Å². The fraction of sp³-hybridized carbons (Fsp3) is 0.409. The minimum absolute atomic E-state index is 0.0116. The highest BCUT2D eigenvalue weighted by Gasteiger charge is 2.26. The molecule has 0 saturated carbocycles. The Morgan fingerprint density at radius 1 is 0.920 bits per heavy atom. The summed E-state index contributed by atoms with van der Waals surface area (Å²) in [6, 6.07) is 15.0. The van der Waals surface area contributed by atoms with E-state index in [2.05, 4.69) is 56.4 Å². The van der Waals surface area contributed by atoms with Crippen molar-refractivity contribution in [1.82, 2.24) is 4.90 Å². The molecule has 3 nitrogen and oxygen atoms in total. The van der Waals surface area contributed by atoms with Gasteiger partial charge in [0.05, 0.1) is 6.04 Å². The molecule has 1 atom stereocenters. The van der Waals surface area contributed by atoms with Crippen molar-refractivity contribution in [2.45, 2.75) is 52.5 Å². The lowest BCUT2D eigenvalue weighted by molar-refractivity contribution is 0.189. The molecule has 0 spiro atoms. The molecule has 1 unspecified atom stereocenters. The SMILES string of the molecule is Cc1ccc(C2CCCCCN2C(=O)Nc2cc(C)cc(C)c2)cc1. The van der Waals surface area contributed by atoms with E-state index in [1.807, 2.05) is 17.0 Å². The van der Waals surface area contributed by atoms with Gasteiger partial charge in [0.25, 0.3) is 0 Å². The van der Waals surface area contributed by atoms with E-state index >= 15 is 0 Å². The van der Waals surface area contributed by atoms with Gasteiger partial charge in [-0.25, -0.2) is 4.79 Å². The van der Waals surface area contributed by atoms with Crippen LogP contribution in [0.5, 0.6) is 0 Å². The van der Waals surface area contributed by atoms with Crippen molar-refractivity contribution >= 4 is 11.7 Å². The first-order valence-corrected chi connectivity index (χ1v) is 9.25. The monoisotopic (exact) mass is 336 g/mol. The second kappa shape index (κ2) is 7.73. The lowest BCUT2D eigenvalue weighted by Crippen LogP contribution is -2.38. The molecule has 1 saturated heterocycles. The normalized spacial score (nSPS) is 17.9. The first-order chi connectivity index (χ1) is 12.0. The van der Waals surface area contributed by atoms with Crippen LogP contribution in [0.25, 0.3) is 0 Å². The molecule has 1 fully saturated rings. The summed E-state index contributed by atoms with van der Waals surface area (Å²) in [6.07, 6.45) is 4.47. The molecule has 0 bridgehead atoms. The highest BCUT2D eigenvalue weighted by Crippen LogP contribution is 2.31. The third-order valence-corrected chi connectivity index (χ3v) is 4.95. The minimum atomic E-state index is 0.0116. The van der Waals surface area contributed by atoms with E-state index in [0.29, 0.717) is 0 Å². The third kappa shape index (κ3) is 4.41. The Labute approximate surface area is 151 Å². The molecule has 0 radical (unpaired) electrons. The maximum Gasteiger partial charge on any atom is 0.322 e. The Morgan fingerprint density at radius 3 is 2.28 bits per heavy atom. The highest BCUT2D eigenvalue weighted by molar-refractivity contribution is 5.89. The average molecular weight is 336 g/mol. The van der Waals surface area contributed by atoms with Gasteiger partial charge in [-0.15, -0.1) is 0 Å². The van der Waals surface area contributed by atoms with E-state index in [1.54, 1.807) is 0 Å². The fourth-order valence-corrected chi connectivity index (χ4v) is 3.73. The van der Waals surface area contributed by atoms with Crippen LogP contribution in [-0.4, -0.2) is 17.5 Å². The van der Waals surface area contributed by atoms with Crippen molar-refractivity contribution in [3.05, 3.63) is 64.7 Å². The van der Waals surface area contributed by atoms with E-state index in [0.717, 1.165) is 25.1 Å². The number of urea groups is 1. The molecule has 2 aromatic carbocycles. The number of benzene rings is 2. The molecular formula is C22H28N2O. The van der Waals surface area contributed by atoms with Gasteiger partial charge in [-0.3, -0.25) is 0 Å². The molecule has 2 aromatic rings. The number of anilines is 1. The van der Waals surface area contributed by atoms with E-state index < -0.39 is 0 Å². The quantitative estimate of drug-likeness (QED) is 0.743. The van der Waals surface area contributed by atoms with E-state index in [-0.39, 0.29) is 12.1 Å². The summed E-state index contributed by atoms with van der Waals surface area (Å²) in [4.78, 5) is 15.0. The van der Waals surface area contributed by atoms with E-state index in [9.17, 15) is 4.79 Å². The molecular weight excluding hydrogens is 308 g/mol. The van der Waals surface area contributed by atoms with Crippen LogP contribution in [0.15, 0.2) is 42.5 Å². The number of amides is 2.